The van der Waals surface area contributed by atoms with Crippen LogP contribution in [0.1, 0.15) is 16.8 Å². The van der Waals surface area contributed by atoms with Crippen molar-refractivity contribution in [1.82, 2.24) is 10.2 Å². The second kappa shape index (κ2) is 7.07. The maximum Gasteiger partial charge on any atom is 0.254 e. The van der Waals surface area contributed by atoms with E-state index < -0.39 is 5.82 Å². The SMILES string of the molecule is Cl.O=C(c1ccc(Br)c(F)c1)N1CCCNCC1. The van der Waals surface area contributed by atoms with Crippen LogP contribution in [-0.2, 0) is 0 Å². The molecular weight excluding hydrogens is 323 g/mol. The lowest BCUT2D eigenvalue weighted by Crippen LogP contribution is -2.34. The van der Waals surface area contributed by atoms with E-state index in [0.717, 1.165) is 26.1 Å². The molecule has 0 bridgehead atoms. The summed E-state index contributed by atoms with van der Waals surface area (Å²) in [6, 6.07) is 4.50. The number of hydrogen-bond acceptors (Lipinski definition) is 2. The molecule has 1 aromatic rings. The third-order valence-corrected chi connectivity index (χ3v) is 3.44. The molecule has 18 heavy (non-hydrogen) atoms. The van der Waals surface area contributed by atoms with Gasteiger partial charge < -0.3 is 10.2 Å². The molecule has 0 atom stereocenters. The van der Waals surface area contributed by atoms with Crippen molar-refractivity contribution in [3.05, 3.63) is 34.1 Å². The van der Waals surface area contributed by atoms with E-state index in [2.05, 4.69) is 21.2 Å². The van der Waals surface area contributed by atoms with Gasteiger partial charge in [0.2, 0.25) is 0 Å². The number of amides is 1. The van der Waals surface area contributed by atoms with Crippen LogP contribution in [0.2, 0.25) is 0 Å². The standard InChI is InChI=1S/C12H14BrFN2O.ClH/c13-10-3-2-9(8-11(10)14)12(17)16-6-1-4-15-5-7-16;/h2-3,8,15H,1,4-7H2;1H. The van der Waals surface area contributed by atoms with Gasteiger partial charge >= 0.3 is 0 Å². The highest BCUT2D eigenvalue weighted by molar-refractivity contribution is 9.10. The highest BCUT2D eigenvalue weighted by Crippen LogP contribution is 2.17. The lowest BCUT2D eigenvalue weighted by Gasteiger charge is -2.20. The zero-order chi connectivity index (χ0) is 12.3. The lowest BCUT2D eigenvalue weighted by molar-refractivity contribution is 0.0766. The second-order valence-electron chi connectivity index (χ2n) is 4.02. The van der Waals surface area contributed by atoms with Gasteiger partial charge in [-0.25, -0.2) is 4.39 Å². The summed E-state index contributed by atoms with van der Waals surface area (Å²) in [7, 11) is 0. The van der Waals surface area contributed by atoms with Crippen LogP contribution in [0.15, 0.2) is 22.7 Å². The highest BCUT2D eigenvalue weighted by Gasteiger charge is 2.17. The summed E-state index contributed by atoms with van der Waals surface area (Å²) >= 11 is 3.08. The zero-order valence-corrected chi connectivity index (χ0v) is 12.2. The van der Waals surface area contributed by atoms with Crippen LogP contribution in [0, 0.1) is 5.82 Å². The molecular formula is C12H15BrClFN2O. The Balaban J connectivity index is 0.00000162. The minimum absolute atomic E-state index is 0. The van der Waals surface area contributed by atoms with Crippen molar-refractivity contribution in [3.63, 3.8) is 0 Å². The van der Waals surface area contributed by atoms with Gasteiger partial charge in [-0.2, -0.15) is 0 Å². The van der Waals surface area contributed by atoms with Gasteiger partial charge in [0.25, 0.3) is 5.91 Å². The average molecular weight is 338 g/mol. The van der Waals surface area contributed by atoms with Crippen LogP contribution >= 0.6 is 28.3 Å². The van der Waals surface area contributed by atoms with Crippen LogP contribution in [0.4, 0.5) is 4.39 Å². The maximum atomic E-state index is 13.4. The molecule has 3 nitrogen and oxygen atoms in total. The molecule has 0 unspecified atom stereocenters. The summed E-state index contributed by atoms with van der Waals surface area (Å²) in [5, 5.41) is 3.23. The predicted molar refractivity (Wildman–Crippen MR) is 74.7 cm³/mol. The molecule has 6 heteroatoms. The third-order valence-electron chi connectivity index (χ3n) is 2.79. The minimum Gasteiger partial charge on any atom is -0.337 e. The monoisotopic (exact) mass is 336 g/mol. The number of nitrogens with zero attached hydrogens (tertiary/aromatic N) is 1. The average Bonchev–Trinajstić information content (AvgIpc) is 2.60. The topological polar surface area (TPSA) is 32.3 Å². The largest absolute Gasteiger partial charge is 0.337 e. The Hall–Kier alpha value is -0.650. The Morgan fingerprint density at radius 1 is 1.33 bits per heavy atom. The summed E-state index contributed by atoms with van der Waals surface area (Å²) in [6.07, 6.45) is 0.935. The molecule has 0 aliphatic carbocycles. The van der Waals surface area contributed by atoms with Crippen LogP contribution in [0.25, 0.3) is 0 Å². The number of carbonyl (C=O) groups is 1. The van der Waals surface area contributed by atoms with Gasteiger partial charge in [-0.3, -0.25) is 4.79 Å². The lowest BCUT2D eigenvalue weighted by atomic mass is 10.2. The highest BCUT2D eigenvalue weighted by atomic mass is 79.9. The fourth-order valence-electron chi connectivity index (χ4n) is 1.86. The van der Waals surface area contributed by atoms with E-state index in [9.17, 15) is 9.18 Å². The quantitative estimate of drug-likeness (QED) is 0.854. The summed E-state index contributed by atoms with van der Waals surface area (Å²) in [6.45, 7) is 3.13. The fraction of sp³-hybridized carbons (Fsp3) is 0.417. The molecule has 0 aromatic heterocycles. The Morgan fingerprint density at radius 3 is 2.83 bits per heavy atom. The van der Waals surface area contributed by atoms with Gasteiger partial charge in [0.1, 0.15) is 5.82 Å². The van der Waals surface area contributed by atoms with Gasteiger partial charge in [-0.05, 0) is 47.1 Å². The van der Waals surface area contributed by atoms with E-state index in [0.29, 0.717) is 16.6 Å². The van der Waals surface area contributed by atoms with E-state index in [1.807, 2.05) is 0 Å². The maximum absolute atomic E-state index is 13.4. The van der Waals surface area contributed by atoms with Crippen molar-refractivity contribution in [3.8, 4) is 0 Å². The number of halogens is 3. The molecule has 0 saturated carbocycles. The molecule has 1 N–H and O–H groups in total. The van der Waals surface area contributed by atoms with E-state index in [4.69, 9.17) is 0 Å². The third kappa shape index (κ3) is 3.67. The molecule has 0 radical (unpaired) electrons. The predicted octanol–water partition coefficient (Wildman–Crippen LogP) is 2.45. The zero-order valence-electron chi connectivity index (χ0n) is 9.79. The normalized spacial score (nSPS) is 15.8. The molecule has 1 heterocycles. The Bertz CT molecular complexity index is 423. The van der Waals surface area contributed by atoms with Crippen molar-refractivity contribution >= 4 is 34.2 Å². The van der Waals surface area contributed by atoms with E-state index in [-0.39, 0.29) is 18.3 Å². The Kier molecular flexibility index (Phi) is 6.05. The van der Waals surface area contributed by atoms with Crippen LogP contribution in [0.5, 0.6) is 0 Å². The first-order chi connectivity index (χ1) is 8.18. The summed E-state index contributed by atoms with van der Waals surface area (Å²) < 4.78 is 13.7. The van der Waals surface area contributed by atoms with E-state index in [1.165, 1.54) is 6.07 Å². The van der Waals surface area contributed by atoms with Crippen molar-refractivity contribution in [1.29, 1.82) is 0 Å². The van der Waals surface area contributed by atoms with Crippen molar-refractivity contribution in [2.24, 2.45) is 0 Å². The van der Waals surface area contributed by atoms with Crippen LogP contribution < -0.4 is 5.32 Å². The molecule has 1 aliphatic heterocycles. The molecule has 1 aliphatic rings. The number of benzene rings is 1. The smallest absolute Gasteiger partial charge is 0.254 e. The van der Waals surface area contributed by atoms with Crippen molar-refractivity contribution < 1.29 is 9.18 Å². The summed E-state index contributed by atoms with van der Waals surface area (Å²) in [5.41, 5.74) is 0.410. The van der Waals surface area contributed by atoms with Gasteiger partial charge in [-0.1, -0.05) is 0 Å². The Labute approximate surface area is 120 Å². The van der Waals surface area contributed by atoms with Crippen molar-refractivity contribution in [2.45, 2.75) is 6.42 Å². The first kappa shape index (κ1) is 15.4. The van der Waals surface area contributed by atoms with E-state index >= 15 is 0 Å². The Morgan fingerprint density at radius 2 is 2.11 bits per heavy atom. The number of rotatable bonds is 1. The molecule has 0 spiro atoms. The summed E-state index contributed by atoms with van der Waals surface area (Å²) in [4.78, 5) is 13.9. The van der Waals surface area contributed by atoms with E-state index in [1.54, 1.807) is 17.0 Å². The number of hydrogen-bond donors (Lipinski definition) is 1. The number of nitrogens with one attached hydrogen (secondary N) is 1. The molecule has 1 amide bonds. The van der Waals surface area contributed by atoms with Crippen molar-refractivity contribution in [2.75, 3.05) is 26.2 Å². The van der Waals surface area contributed by atoms with Gasteiger partial charge in [0.15, 0.2) is 0 Å². The molecule has 2 rings (SSSR count). The second-order valence-corrected chi connectivity index (χ2v) is 4.88. The minimum atomic E-state index is -0.399. The van der Waals surface area contributed by atoms with Gasteiger partial charge in [0, 0.05) is 25.2 Å². The first-order valence-electron chi connectivity index (χ1n) is 5.63. The van der Waals surface area contributed by atoms with Gasteiger partial charge in [-0.15, -0.1) is 12.4 Å². The fourth-order valence-corrected chi connectivity index (χ4v) is 2.11. The summed E-state index contributed by atoms with van der Waals surface area (Å²) in [5.74, 6) is -0.496. The first-order valence-corrected chi connectivity index (χ1v) is 6.43. The van der Waals surface area contributed by atoms with Crippen LogP contribution in [-0.4, -0.2) is 37.0 Å². The molecule has 1 aromatic carbocycles. The molecule has 1 saturated heterocycles. The molecule has 100 valence electrons. The molecule has 1 fully saturated rings. The van der Waals surface area contributed by atoms with Crippen LogP contribution in [0.3, 0.4) is 0 Å². The number of carbonyl (C=O) groups excluding carboxylic acids is 1. The van der Waals surface area contributed by atoms with Gasteiger partial charge in [0.05, 0.1) is 4.47 Å².